The molecule has 2 aliphatic heterocycles. The SMILES string of the molecule is CN1C2CCC1CN(CCC(N)c1ccc(Cl)cc1)CC2. The van der Waals surface area contributed by atoms with Crippen LogP contribution in [0.5, 0.6) is 0 Å². The maximum Gasteiger partial charge on any atom is 0.0406 e. The van der Waals surface area contributed by atoms with E-state index in [0.717, 1.165) is 30.1 Å². The number of hydrogen-bond acceptors (Lipinski definition) is 3. The number of hydrogen-bond donors (Lipinski definition) is 1. The van der Waals surface area contributed by atoms with Crippen LogP contribution in [-0.4, -0.2) is 48.6 Å². The summed E-state index contributed by atoms with van der Waals surface area (Å²) >= 11 is 5.93. The Morgan fingerprint density at radius 2 is 1.90 bits per heavy atom. The van der Waals surface area contributed by atoms with Crippen LogP contribution in [0.15, 0.2) is 24.3 Å². The summed E-state index contributed by atoms with van der Waals surface area (Å²) in [7, 11) is 2.30. The van der Waals surface area contributed by atoms with Crippen LogP contribution in [0.4, 0.5) is 0 Å². The van der Waals surface area contributed by atoms with Crippen molar-refractivity contribution < 1.29 is 0 Å². The topological polar surface area (TPSA) is 32.5 Å². The van der Waals surface area contributed by atoms with Crippen LogP contribution in [0.1, 0.15) is 37.3 Å². The van der Waals surface area contributed by atoms with E-state index in [1.54, 1.807) is 0 Å². The molecule has 3 atom stereocenters. The summed E-state index contributed by atoms with van der Waals surface area (Å²) in [5.41, 5.74) is 7.51. The molecule has 116 valence electrons. The van der Waals surface area contributed by atoms with E-state index < -0.39 is 0 Å². The molecule has 0 radical (unpaired) electrons. The third-order valence-corrected chi connectivity index (χ3v) is 5.54. The van der Waals surface area contributed by atoms with Crippen molar-refractivity contribution in [1.82, 2.24) is 9.80 Å². The van der Waals surface area contributed by atoms with Crippen molar-refractivity contribution in [3.8, 4) is 0 Å². The summed E-state index contributed by atoms with van der Waals surface area (Å²) in [6, 6.07) is 9.62. The van der Waals surface area contributed by atoms with Gasteiger partial charge in [0.15, 0.2) is 0 Å². The molecule has 0 spiro atoms. The van der Waals surface area contributed by atoms with Gasteiger partial charge in [0, 0.05) is 36.2 Å². The fourth-order valence-corrected chi connectivity index (χ4v) is 3.91. The third kappa shape index (κ3) is 3.59. The molecule has 1 aromatic rings. The number of likely N-dealkylation sites (N-methyl/N-ethyl adjacent to an activating group) is 1. The molecule has 2 saturated heterocycles. The normalized spacial score (nSPS) is 28.5. The molecule has 1 aromatic carbocycles. The quantitative estimate of drug-likeness (QED) is 0.928. The van der Waals surface area contributed by atoms with Crippen LogP contribution in [0, 0.1) is 0 Å². The molecule has 3 nitrogen and oxygen atoms in total. The van der Waals surface area contributed by atoms with Crippen LogP contribution in [0.3, 0.4) is 0 Å². The third-order valence-electron chi connectivity index (χ3n) is 5.29. The Kier molecular flexibility index (Phi) is 4.85. The number of nitrogens with zero attached hydrogens (tertiary/aromatic N) is 2. The average molecular weight is 308 g/mol. The fourth-order valence-electron chi connectivity index (χ4n) is 3.78. The highest BCUT2D eigenvalue weighted by atomic mass is 35.5. The second kappa shape index (κ2) is 6.66. The minimum Gasteiger partial charge on any atom is -0.324 e. The highest BCUT2D eigenvalue weighted by molar-refractivity contribution is 6.30. The van der Waals surface area contributed by atoms with E-state index in [-0.39, 0.29) is 6.04 Å². The predicted molar refractivity (Wildman–Crippen MR) is 88.6 cm³/mol. The molecule has 2 aliphatic rings. The monoisotopic (exact) mass is 307 g/mol. The predicted octanol–water partition coefficient (Wildman–Crippen LogP) is 2.90. The summed E-state index contributed by atoms with van der Waals surface area (Å²) < 4.78 is 0. The van der Waals surface area contributed by atoms with Gasteiger partial charge in [0.25, 0.3) is 0 Å². The van der Waals surface area contributed by atoms with Crippen LogP contribution >= 0.6 is 11.6 Å². The van der Waals surface area contributed by atoms with E-state index in [0.29, 0.717) is 0 Å². The van der Waals surface area contributed by atoms with Crippen molar-refractivity contribution >= 4 is 11.6 Å². The lowest BCUT2D eigenvalue weighted by Gasteiger charge is -2.26. The van der Waals surface area contributed by atoms with Gasteiger partial charge in [-0.1, -0.05) is 23.7 Å². The Balaban J connectivity index is 1.52. The minimum absolute atomic E-state index is 0.112. The summed E-state index contributed by atoms with van der Waals surface area (Å²) in [4.78, 5) is 5.20. The zero-order valence-corrected chi connectivity index (χ0v) is 13.6. The van der Waals surface area contributed by atoms with Gasteiger partial charge in [0.2, 0.25) is 0 Å². The molecule has 3 unspecified atom stereocenters. The van der Waals surface area contributed by atoms with Gasteiger partial charge in [-0.15, -0.1) is 0 Å². The Labute approximate surface area is 133 Å². The lowest BCUT2D eigenvalue weighted by molar-refractivity contribution is 0.215. The van der Waals surface area contributed by atoms with Gasteiger partial charge in [-0.3, -0.25) is 4.90 Å². The van der Waals surface area contributed by atoms with Gasteiger partial charge >= 0.3 is 0 Å². The first-order valence-electron chi connectivity index (χ1n) is 8.09. The zero-order valence-electron chi connectivity index (χ0n) is 12.8. The second-order valence-electron chi connectivity index (χ2n) is 6.59. The van der Waals surface area contributed by atoms with Gasteiger partial charge < -0.3 is 10.6 Å². The molecule has 2 heterocycles. The highest BCUT2D eigenvalue weighted by Gasteiger charge is 2.34. The second-order valence-corrected chi connectivity index (χ2v) is 7.02. The zero-order chi connectivity index (χ0) is 14.8. The summed E-state index contributed by atoms with van der Waals surface area (Å²) in [5.74, 6) is 0. The van der Waals surface area contributed by atoms with Gasteiger partial charge in [-0.2, -0.15) is 0 Å². The largest absolute Gasteiger partial charge is 0.324 e. The smallest absolute Gasteiger partial charge is 0.0406 e. The Hall–Kier alpha value is -0.610. The fraction of sp³-hybridized carbons (Fsp3) is 0.647. The van der Waals surface area contributed by atoms with Crippen molar-refractivity contribution in [3.05, 3.63) is 34.9 Å². The number of nitrogens with two attached hydrogens (primary N) is 1. The first-order valence-corrected chi connectivity index (χ1v) is 8.46. The summed E-state index contributed by atoms with van der Waals surface area (Å²) in [6.07, 6.45) is 5.08. The van der Waals surface area contributed by atoms with Crippen molar-refractivity contribution in [2.75, 3.05) is 26.7 Å². The molecule has 3 rings (SSSR count). The van der Waals surface area contributed by atoms with Crippen molar-refractivity contribution in [3.63, 3.8) is 0 Å². The Morgan fingerprint density at radius 1 is 1.19 bits per heavy atom. The van der Waals surface area contributed by atoms with E-state index in [2.05, 4.69) is 16.8 Å². The lowest BCUT2D eigenvalue weighted by Crippen LogP contribution is -2.37. The summed E-state index contributed by atoms with van der Waals surface area (Å²) in [6.45, 7) is 3.53. The molecule has 0 saturated carbocycles. The van der Waals surface area contributed by atoms with E-state index in [1.807, 2.05) is 24.3 Å². The lowest BCUT2D eigenvalue weighted by atomic mass is 10.0. The first-order chi connectivity index (χ1) is 10.1. The summed E-state index contributed by atoms with van der Waals surface area (Å²) in [5, 5.41) is 0.775. The van der Waals surface area contributed by atoms with Crippen LogP contribution in [0.25, 0.3) is 0 Å². The number of halogens is 1. The number of fused-ring (bicyclic) bond motifs is 2. The molecule has 0 aromatic heterocycles. The number of likely N-dealkylation sites (tertiary alicyclic amines) is 1. The van der Waals surface area contributed by atoms with Crippen LogP contribution in [0.2, 0.25) is 5.02 Å². The molecule has 2 fully saturated rings. The molecular weight excluding hydrogens is 282 g/mol. The Bertz CT molecular complexity index is 462. The number of benzene rings is 1. The maximum absolute atomic E-state index is 6.32. The van der Waals surface area contributed by atoms with Crippen molar-refractivity contribution in [2.24, 2.45) is 5.73 Å². The Morgan fingerprint density at radius 3 is 2.67 bits per heavy atom. The highest BCUT2D eigenvalue weighted by Crippen LogP contribution is 2.28. The van der Waals surface area contributed by atoms with Gasteiger partial charge in [0.05, 0.1) is 0 Å². The molecule has 2 N–H and O–H groups in total. The molecule has 0 amide bonds. The van der Waals surface area contributed by atoms with E-state index >= 15 is 0 Å². The van der Waals surface area contributed by atoms with E-state index in [4.69, 9.17) is 17.3 Å². The van der Waals surface area contributed by atoms with Crippen molar-refractivity contribution in [1.29, 1.82) is 0 Å². The van der Waals surface area contributed by atoms with Gasteiger partial charge in [0.1, 0.15) is 0 Å². The molecule has 4 heteroatoms. The minimum atomic E-state index is 0.112. The van der Waals surface area contributed by atoms with Crippen molar-refractivity contribution in [2.45, 2.75) is 43.8 Å². The molecule has 2 bridgehead atoms. The van der Waals surface area contributed by atoms with Crippen LogP contribution < -0.4 is 5.73 Å². The molecular formula is C17H26ClN3. The van der Waals surface area contributed by atoms with E-state index in [9.17, 15) is 0 Å². The maximum atomic E-state index is 6.32. The standard InChI is InChI=1S/C17H26ClN3/c1-20-15-6-7-16(20)12-21(10-8-15)11-9-17(19)13-2-4-14(18)5-3-13/h2-5,15-17H,6-12,19H2,1H3. The molecule has 0 aliphatic carbocycles. The average Bonchev–Trinajstić information content (AvgIpc) is 2.72. The first kappa shape index (κ1) is 15.3. The molecule has 21 heavy (non-hydrogen) atoms. The van der Waals surface area contributed by atoms with Gasteiger partial charge in [-0.05, 0) is 57.0 Å². The van der Waals surface area contributed by atoms with E-state index in [1.165, 1.54) is 37.9 Å². The van der Waals surface area contributed by atoms with Crippen LogP contribution in [-0.2, 0) is 0 Å². The number of rotatable bonds is 4. The van der Waals surface area contributed by atoms with Gasteiger partial charge in [-0.25, -0.2) is 0 Å².